The Labute approximate surface area is 264 Å². The summed E-state index contributed by atoms with van der Waals surface area (Å²) in [6.07, 6.45) is -3.47. The molecule has 0 aliphatic carbocycles. The van der Waals surface area contributed by atoms with Crippen LogP contribution >= 0.6 is 0 Å². The fraction of sp³-hybridized carbons (Fsp3) is 0.500. The number of benzene rings is 1. The summed E-state index contributed by atoms with van der Waals surface area (Å²) in [6.45, 7) is 10.6. The van der Waals surface area contributed by atoms with Gasteiger partial charge in [-0.05, 0) is 44.2 Å². The van der Waals surface area contributed by atoms with Crippen LogP contribution in [0, 0.1) is 18.7 Å². The van der Waals surface area contributed by atoms with E-state index in [2.05, 4.69) is 28.7 Å². The van der Waals surface area contributed by atoms with E-state index in [-0.39, 0.29) is 47.7 Å². The van der Waals surface area contributed by atoms with Crippen molar-refractivity contribution in [3.8, 4) is 0 Å². The lowest BCUT2D eigenvalue weighted by molar-refractivity contribution is -0.138. The minimum atomic E-state index is -4.67. The van der Waals surface area contributed by atoms with E-state index in [1.807, 2.05) is 4.90 Å². The van der Waals surface area contributed by atoms with Gasteiger partial charge in [-0.1, -0.05) is 12.6 Å². The van der Waals surface area contributed by atoms with Gasteiger partial charge in [0.1, 0.15) is 17.7 Å². The number of likely N-dealkylation sites (N-methyl/N-ethyl adjacent to an activating group) is 1. The molecule has 246 valence electrons. The predicted octanol–water partition coefficient (Wildman–Crippen LogP) is 2.81. The molecule has 14 heteroatoms. The summed E-state index contributed by atoms with van der Waals surface area (Å²) in [7, 11) is 1.49. The quantitative estimate of drug-likeness (QED) is 0.396. The van der Waals surface area contributed by atoms with Gasteiger partial charge in [-0.3, -0.25) is 24.2 Å². The average molecular weight is 644 g/mol. The van der Waals surface area contributed by atoms with Crippen LogP contribution in [-0.4, -0.2) is 103 Å². The summed E-state index contributed by atoms with van der Waals surface area (Å²) >= 11 is 0. The number of aryl methyl sites for hydroxylation is 1. The third-order valence-electron chi connectivity index (χ3n) is 9.40. The van der Waals surface area contributed by atoms with Crippen molar-refractivity contribution in [1.82, 2.24) is 20.1 Å². The number of pyridine rings is 1. The van der Waals surface area contributed by atoms with Crippen molar-refractivity contribution in [3.63, 3.8) is 0 Å². The summed E-state index contributed by atoms with van der Waals surface area (Å²) in [6, 6.07) is 5.16. The van der Waals surface area contributed by atoms with Crippen LogP contribution in [0.25, 0.3) is 0 Å². The molecule has 1 spiro atoms. The van der Waals surface area contributed by atoms with Crippen molar-refractivity contribution in [2.75, 3.05) is 67.6 Å². The minimum Gasteiger partial charge on any atom is -0.366 e. The Kier molecular flexibility index (Phi) is 8.08. The second kappa shape index (κ2) is 11.6. The van der Waals surface area contributed by atoms with Gasteiger partial charge in [0.15, 0.2) is 0 Å². The molecule has 10 nitrogen and oxygen atoms in total. The molecule has 1 aromatic heterocycles. The number of rotatable bonds is 5. The molecule has 0 bridgehead atoms. The molecule has 5 heterocycles. The molecule has 2 aromatic rings. The molecule has 0 unspecified atom stereocenters. The number of carbonyl (C=O) groups excluding carboxylic acids is 3. The van der Waals surface area contributed by atoms with Gasteiger partial charge in [-0.15, -0.1) is 0 Å². The first-order valence-electron chi connectivity index (χ1n) is 15.3. The molecule has 3 amide bonds. The van der Waals surface area contributed by atoms with E-state index in [1.54, 1.807) is 11.0 Å². The first-order valence-corrected chi connectivity index (χ1v) is 15.3. The highest BCUT2D eigenvalue weighted by molar-refractivity contribution is 6.10. The SMILES string of the molecule is C=CC(=O)N1CC2(CN(CCN3C[C@H]4CC(=O)N(c5cc(C(F)(F)F)cc(C)n5)[C@@H]4C(=O)N(C)c4cccc(F)c43)C[C@@H](C)N2)C1. The van der Waals surface area contributed by atoms with Crippen LogP contribution in [0.2, 0.25) is 0 Å². The van der Waals surface area contributed by atoms with Crippen molar-refractivity contribution in [3.05, 3.63) is 60.1 Å². The smallest absolute Gasteiger partial charge is 0.366 e. The largest absolute Gasteiger partial charge is 0.416 e. The van der Waals surface area contributed by atoms with Crippen molar-refractivity contribution < 1.29 is 31.9 Å². The molecule has 4 aliphatic rings. The molecule has 0 radical (unpaired) electrons. The molecule has 3 fully saturated rings. The number of piperazine rings is 1. The van der Waals surface area contributed by atoms with Crippen LogP contribution in [0.15, 0.2) is 43.0 Å². The van der Waals surface area contributed by atoms with Crippen LogP contribution < -0.4 is 20.0 Å². The number of carbonyl (C=O) groups is 3. The molecule has 3 saturated heterocycles. The number of alkyl halides is 3. The van der Waals surface area contributed by atoms with Gasteiger partial charge in [0, 0.05) is 76.9 Å². The van der Waals surface area contributed by atoms with Crippen LogP contribution in [0.5, 0.6) is 0 Å². The topological polar surface area (TPSA) is 92.3 Å². The number of hydrogen-bond acceptors (Lipinski definition) is 7. The van der Waals surface area contributed by atoms with E-state index in [4.69, 9.17) is 0 Å². The standard InChI is InChI=1S/C32H37F4N7O3/c1-5-26(44)42-17-31(18-42)16-40(14-20(3)38-31)9-10-41-15-21-12-27(45)43(25-13-22(32(34,35)36)11-19(2)37-25)28(21)30(46)39(4)24-8-6-7-23(33)29(24)41/h5-8,11,13,20-21,28,38H,1,9-10,12,14-18H2,2-4H3/t20-,21-,28+/m1/s1. The molecule has 4 aliphatic heterocycles. The summed E-state index contributed by atoms with van der Waals surface area (Å²) in [5.41, 5.74) is -0.618. The predicted molar refractivity (Wildman–Crippen MR) is 164 cm³/mol. The van der Waals surface area contributed by atoms with Crippen LogP contribution in [0.1, 0.15) is 24.6 Å². The van der Waals surface area contributed by atoms with Crippen LogP contribution in [0.4, 0.5) is 34.8 Å². The third kappa shape index (κ3) is 5.72. The Balaban J connectivity index is 1.29. The Hall–Kier alpha value is -4.04. The Bertz CT molecular complexity index is 1580. The highest BCUT2D eigenvalue weighted by Crippen LogP contribution is 2.41. The van der Waals surface area contributed by atoms with E-state index >= 15 is 4.39 Å². The van der Waals surface area contributed by atoms with Gasteiger partial charge >= 0.3 is 6.18 Å². The number of likely N-dealkylation sites (tertiary alicyclic amines) is 1. The number of halogens is 4. The zero-order valence-electron chi connectivity index (χ0n) is 26.0. The highest BCUT2D eigenvalue weighted by atomic mass is 19.4. The second-order valence-corrected chi connectivity index (χ2v) is 12.9. The average Bonchev–Trinajstić information content (AvgIpc) is 3.30. The maximum Gasteiger partial charge on any atom is 0.416 e. The van der Waals surface area contributed by atoms with Gasteiger partial charge in [0.2, 0.25) is 17.7 Å². The maximum atomic E-state index is 15.6. The van der Waals surface area contributed by atoms with Gasteiger partial charge < -0.3 is 20.0 Å². The normalized spacial score (nSPS) is 24.8. The van der Waals surface area contributed by atoms with Gasteiger partial charge in [-0.2, -0.15) is 13.2 Å². The van der Waals surface area contributed by atoms with Crippen LogP contribution in [-0.2, 0) is 20.6 Å². The van der Waals surface area contributed by atoms with E-state index in [0.29, 0.717) is 38.4 Å². The van der Waals surface area contributed by atoms with E-state index in [9.17, 15) is 27.6 Å². The summed E-state index contributed by atoms with van der Waals surface area (Å²) in [5, 5.41) is 3.63. The number of hydrogen-bond donors (Lipinski definition) is 1. The lowest BCUT2D eigenvalue weighted by Gasteiger charge is -2.56. The molecular weight excluding hydrogens is 606 g/mol. The minimum absolute atomic E-state index is 0.0632. The van der Waals surface area contributed by atoms with Gasteiger partial charge in [0.25, 0.3) is 0 Å². The number of aromatic nitrogens is 1. The van der Waals surface area contributed by atoms with Crippen molar-refractivity contribution >= 4 is 34.9 Å². The molecule has 1 aromatic carbocycles. The second-order valence-electron chi connectivity index (χ2n) is 12.9. The Morgan fingerprint density at radius 1 is 1.15 bits per heavy atom. The zero-order valence-corrected chi connectivity index (χ0v) is 26.0. The fourth-order valence-electron chi connectivity index (χ4n) is 7.55. The van der Waals surface area contributed by atoms with E-state index in [0.717, 1.165) is 23.6 Å². The molecular formula is C32H37F4N7O3. The number of fused-ring (bicyclic) bond motifs is 2. The Morgan fingerprint density at radius 2 is 1.89 bits per heavy atom. The lowest BCUT2D eigenvalue weighted by atomic mass is 9.85. The number of amides is 3. The molecule has 3 atom stereocenters. The van der Waals surface area contributed by atoms with Crippen molar-refractivity contribution in [2.24, 2.45) is 5.92 Å². The highest BCUT2D eigenvalue weighted by Gasteiger charge is 2.51. The van der Waals surface area contributed by atoms with Crippen LogP contribution in [0.3, 0.4) is 0 Å². The number of nitrogens with one attached hydrogen (secondary N) is 1. The number of para-hydroxylation sites is 1. The van der Waals surface area contributed by atoms with Gasteiger partial charge in [-0.25, -0.2) is 9.37 Å². The monoisotopic (exact) mass is 643 g/mol. The first kappa shape index (κ1) is 31.9. The summed E-state index contributed by atoms with van der Waals surface area (Å²) < 4.78 is 56.7. The zero-order chi connectivity index (χ0) is 33.1. The third-order valence-corrected chi connectivity index (χ3v) is 9.40. The first-order chi connectivity index (χ1) is 21.7. The molecule has 1 N–H and O–H groups in total. The Morgan fingerprint density at radius 3 is 2.59 bits per heavy atom. The van der Waals surface area contributed by atoms with E-state index < -0.39 is 41.3 Å². The molecule has 0 saturated carbocycles. The number of nitrogens with zero attached hydrogens (tertiary/aromatic N) is 6. The molecule has 6 rings (SSSR count). The van der Waals surface area contributed by atoms with Gasteiger partial charge in [0.05, 0.1) is 22.5 Å². The van der Waals surface area contributed by atoms with E-state index in [1.165, 1.54) is 37.1 Å². The summed E-state index contributed by atoms with van der Waals surface area (Å²) in [5.74, 6) is -2.55. The maximum absolute atomic E-state index is 15.6. The van der Waals surface area contributed by atoms with Crippen molar-refractivity contribution in [2.45, 2.75) is 44.1 Å². The lowest BCUT2D eigenvalue weighted by Crippen LogP contribution is -2.78. The number of anilines is 3. The van der Waals surface area contributed by atoms with Crippen molar-refractivity contribution in [1.29, 1.82) is 0 Å². The molecule has 46 heavy (non-hydrogen) atoms. The summed E-state index contributed by atoms with van der Waals surface area (Å²) in [4.78, 5) is 52.0. The fourth-order valence-corrected chi connectivity index (χ4v) is 7.55.